The third kappa shape index (κ3) is 4.93. The average molecular weight is 291 g/mol. The van der Waals surface area contributed by atoms with Crippen molar-refractivity contribution in [2.24, 2.45) is 0 Å². The molecule has 0 bridgehead atoms. The Morgan fingerprint density at radius 3 is 2.62 bits per heavy atom. The van der Waals surface area contributed by atoms with Gasteiger partial charge >= 0.3 is 6.09 Å². The molecule has 5 heteroatoms. The van der Waals surface area contributed by atoms with Gasteiger partial charge in [0.1, 0.15) is 0 Å². The maximum absolute atomic E-state index is 11.6. The standard InChI is InChI=1S/C16H25N3O2/c1-2-21-16(20)19-11-8-15(9-12-19)18-10-7-13-3-5-14(17)6-4-13/h3-6,15,18H,2,7-12,17H2,1H3. The fourth-order valence-electron chi connectivity index (χ4n) is 2.59. The minimum Gasteiger partial charge on any atom is -0.450 e. The molecule has 0 saturated carbocycles. The van der Waals surface area contributed by atoms with Gasteiger partial charge in [-0.3, -0.25) is 0 Å². The van der Waals surface area contributed by atoms with E-state index < -0.39 is 0 Å². The minimum absolute atomic E-state index is 0.183. The van der Waals surface area contributed by atoms with Crippen molar-refractivity contribution < 1.29 is 9.53 Å². The summed E-state index contributed by atoms with van der Waals surface area (Å²) in [7, 11) is 0. The van der Waals surface area contributed by atoms with E-state index in [2.05, 4.69) is 17.4 Å². The second-order valence-electron chi connectivity index (χ2n) is 5.41. The number of amides is 1. The van der Waals surface area contributed by atoms with Gasteiger partial charge in [0.05, 0.1) is 6.61 Å². The predicted molar refractivity (Wildman–Crippen MR) is 84.2 cm³/mol. The molecule has 21 heavy (non-hydrogen) atoms. The van der Waals surface area contributed by atoms with Crippen LogP contribution >= 0.6 is 0 Å². The molecular weight excluding hydrogens is 266 g/mol. The van der Waals surface area contributed by atoms with Crippen molar-refractivity contribution >= 4 is 11.8 Å². The zero-order valence-corrected chi connectivity index (χ0v) is 12.7. The number of nitrogen functional groups attached to an aromatic ring is 1. The maximum atomic E-state index is 11.6. The molecule has 116 valence electrons. The van der Waals surface area contributed by atoms with Gasteiger partial charge in [-0.1, -0.05) is 12.1 Å². The molecule has 0 spiro atoms. The van der Waals surface area contributed by atoms with Crippen LogP contribution in [-0.4, -0.2) is 43.3 Å². The summed E-state index contributed by atoms with van der Waals surface area (Å²) in [6.45, 7) is 4.78. The number of carbonyl (C=O) groups excluding carboxylic acids is 1. The Labute approximate surface area is 126 Å². The SMILES string of the molecule is CCOC(=O)N1CCC(NCCc2ccc(N)cc2)CC1. The third-order valence-corrected chi connectivity index (χ3v) is 3.85. The van der Waals surface area contributed by atoms with Crippen molar-refractivity contribution in [3.63, 3.8) is 0 Å². The van der Waals surface area contributed by atoms with Crippen LogP contribution in [0.2, 0.25) is 0 Å². The molecule has 1 aromatic rings. The number of carbonyl (C=O) groups is 1. The Hall–Kier alpha value is -1.75. The molecule has 1 amide bonds. The maximum Gasteiger partial charge on any atom is 0.409 e. The van der Waals surface area contributed by atoms with Gasteiger partial charge in [-0.25, -0.2) is 4.79 Å². The molecule has 1 heterocycles. The molecule has 1 aliphatic rings. The van der Waals surface area contributed by atoms with Gasteiger partial charge in [0, 0.05) is 24.8 Å². The lowest BCUT2D eigenvalue weighted by atomic mass is 10.0. The van der Waals surface area contributed by atoms with Crippen LogP contribution in [0.3, 0.4) is 0 Å². The van der Waals surface area contributed by atoms with Crippen molar-refractivity contribution in [3.8, 4) is 0 Å². The van der Waals surface area contributed by atoms with E-state index in [-0.39, 0.29) is 6.09 Å². The van der Waals surface area contributed by atoms with Crippen molar-refractivity contribution in [2.75, 3.05) is 32.0 Å². The summed E-state index contributed by atoms with van der Waals surface area (Å²) in [5.41, 5.74) is 7.77. The van der Waals surface area contributed by atoms with Crippen LogP contribution in [0.25, 0.3) is 0 Å². The summed E-state index contributed by atoms with van der Waals surface area (Å²) in [6, 6.07) is 8.51. The number of nitrogens with zero attached hydrogens (tertiary/aromatic N) is 1. The number of benzene rings is 1. The predicted octanol–water partition coefficient (Wildman–Crippen LogP) is 2.02. The van der Waals surface area contributed by atoms with Crippen LogP contribution in [0.4, 0.5) is 10.5 Å². The van der Waals surface area contributed by atoms with Gasteiger partial charge in [-0.15, -0.1) is 0 Å². The van der Waals surface area contributed by atoms with Gasteiger partial charge in [-0.05, 0) is 50.4 Å². The number of piperidine rings is 1. The monoisotopic (exact) mass is 291 g/mol. The highest BCUT2D eigenvalue weighted by molar-refractivity contribution is 5.67. The van der Waals surface area contributed by atoms with Gasteiger partial charge in [0.15, 0.2) is 0 Å². The van der Waals surface area contributed by atoms with Crippen LogP contribution in [0.5, 0.6) is 0 Å². The lowest BCUT2D eigenvalue weighted by Crippen LogP contribution is -2.45. The number of hydrogen-bond donors (Lipinski definition) is 2. The Morgan fingerprint density at radius 2 is 2.00 bits per heavy atom. The largest absolute Gasteiger partial charge is 0.450 e. The smallest absolute Gasteiger partial charge is 0.409 e. The second-order valence-corrected chi connectivity index (χ2v) is 5.41. The van der Waals surface area contributed by atoms with Gasteiger partial charge in [0.2, 0.25) is 0 Å². The van der Waals surface area contributed by atoms with E-state index in [0.29, 0.717) is 12.6 Å². The number of hydrogen-bond acceptors (Lipinski definition) is 4. The van der Waals surface area contributed by atoms with E-state index in [0.717, 1.165) is 44.6 Å². The van der Waals surface area contributed by atoms with E-state index in [1.165, 1.54) is 5.56 Å². The van der Waals surface area contributed by atoms with Crippen LogP contribution < -0.4 is 11.1 Å². The first-order chi connectivity index (χ1) is 10.2. The molecule has 0 radical (unpaired) electrons. The van der Waals surface area contributed by atoms with E-state index >= 15 is 0 Å². The van der Waals surface area contributed by atoms with Crippen molar-refractivity contribution in [1.82, 2.24) is 10.2 Å². The molecule has 0 atom stereocenters. The quantitative estimate of drug-likeness (QED) is 0.815. The number of ether oxygens (including phenoxy) is 1. The first-order valence-electron chi connectivity index (χ1n) is 7.68. The highest BCUT2D eigenvalue weighted by Gasteiger charge is 2.22. The summed E-state index contributed by atoms with van der Waals surface area (Å²) < 4.78 is 5.02. The van der Waals surface area contributed by atoms with Crippen LogP contribution in [0, 0.1) is 0 Å². The molecule has 0 unspecified atom stereocenters. The Kier molecular flexibility index (Phi) is 5.87. The van der Waals surface area contributed by atoms with Gasteiger partial charge in [0.25, 0.3) is 0 Å². The van der Waals surface area contributed by atoms with Crippen LogP contribution in [-0.2, 0) is 11.2 Å². The Morgan fingerprint density at radius 1 is 1.33 bits per heavy atom. The topological polar surface area (TPSA) is 67.6 Å². The summed E-state index contributed by atoms with van der Waals surface area (Å²) in [6.07, 6.45) is 2.79. The first-order valence-corrected chi connectivity index (χ1v) is 7.68. The summed E-state index contributed by atoms with van der Waals surface area (Å²) >= 11 is 0. The normalized spacial score (nSPS) is 16.0. The lowest BCUT2D eigenvalue weighted by Gasteiger charge is -2.31. The van der Waals surface area contributed by atoms with Crippen molar-refractivity contribution in [1.29, 1.82) is 0 Å². The summed E-state index contributed by atoms with van der Waals surface area (Å²) in [5.74, 6) is 0. The van der Waals surface area contributed by atoms with Crippen LogP contribution in [0.15, 0.2) is 24.3 Å². The molecule has 3 N–H and O–H groups in total. The van der Waals surface area contributed by atoms with Crippen molar-refractivity contribution in [3.05, 3.63) is 29.8 Å². The minimum atomic E-state index is -0.183. The van der Waals surface area contributed by atoms with E-state index in [1.807, 2.05) is 19.1 Å². The summed E-state index contributed by atoms with van der Waals surface area (Å²) in [4.78, 5) is 13.4. The Balaban J connectivity index is 1.65. The second kappa shape index (κ2) is 7.88. The number of rotatable bonds is 5. The van der Waals surface area contributed by atoms with Gasteiger partial charge in [-0.2, -0.15) is 0 Å². The number of likely N-dealkylation sites (tertiary alicyclic amines) is 1. The van der Waals surface area contributed by atoms with E-state index in [4.69, 9.17) is 10.5 Å². The molecule has 5 nitrogen and oxygen atoms in total. The van der Waals surface area contributed by atoms with Crippen molar-refractivity contribution in [2.45, 2.75) is 32.2 Å². The molecular formula is C16H25N3O2. The molecule has 1 fully saturated rings. The van der Waals surface area contributed by atoms with Gasteiger partial charge < -0.3 is 20.7 Å². The van der Waals surface area contributed by atoms with Crippen LogP contribution in [0.1, 0.15) is 25.3 Å². The average Bonchev–Trinajstić information content (AvgIpc) is 2.50. The fraction of sp³-hybridized carbons (Fsp3) is 0.562. The molecule has 0 aliphatic carbocycles. The number of nitrogens with one attached hydrogen (secondary N) is 1. The number of anilines is 1. The highest BCUT2D eigenvalue weighted by atomic mass is 16.6. The summed E-state index contributed by atoms with van der Waals surface area (Å²) in [5, 5.41) is 3.57. The lowest BCUT2D eigenvalue weighted by molar-refractivity contribution is 0.0952. The molecule has 1 aliphatic heterocycles. The zero-order chi connectivity index (χ0) is 15.1. The zero-order valence-electron chi connectivity index (χ0n) is 12.7. The fourth-order valence-corrected chi connectivity index (χ4v) is 2.59. The number of nitrogens with two attached hydrogens (primary N) is 1. The third-order valence-electron chi connectivity index (χ3n) is 3.85. The molecule has 1 aromatic carbocycles. The highest BCUT2D eigenvalue weighted by Crippen LogP contribution is 2.12. The molecule has 1 saturated heterocycles. The molecule has 2 rings (SSSR count). The molecule has 0 aromatic heterocycles. The van der Waals surface area contributed by atoms with E-state index in [9.17, 15) is 4.79 Å². The first kappa shape index (κ1) is 15.6. The Bertz CT molecular complexity index is 439. The van der Waals surface area contributed by atoms with E-state index in [1.54, 1.807) is 4.90 Å².